The average Bonchev–Trinajstić information content (AvgIpc) is 2.81. The van der Waals surface area contributed by atoms with E-state index in [0.29, 0.717) is 11.0 Å². The number of aliphatic hydroxyl groups is 1. The van der Waals surface area contributed by atoms with Crippen LogP contribution in [0.3, 0.4) is 0 Å². The number of amides is 1. The lowest BCUT2D eigenvalue weighted by atomic mass is 10.0. The third-order valence-electron chi connectivity index (χ3n) is 3.46. The molecule has 6 nitrogen and oxygen atoms in total. The monoisotopic (exact) mass is 322 g/mol. The third-order valence-corrected chi connectivity index (χ3v) is 3.46. The molecule has 120 valence electrons. The molecule has 1 aromatic carbocycles. The van der Waals surface area contributed by atoms with E-state index in [4.69, 9.17) is 0 Å². The molecule has 1 fully saturated rings. The second-order valence-electron chi connectivity index (χ2n) is 4.93. The summed E-state index contributed by atoms with van der Waals surface area (Å²) in [6.07, 6.45) is -5.62. The number of rotatable bonds is 2. The number of likely N-dealkylation sites (tertiary alicyclic amines) is 1. The van der Waals surface area contributed by atoms with E-state index in [2.05, 4.69) is 0 Å². The summed E-state index contributed by atoms with van der Waals surface area (Å²) in [5.41, 5.74) is -4.20. The van der Waals surface area contributed by atoms with Gasteiger partial charge in [-0.2, -0.15) is 13.2 Å². The Morgan fingerprint density at radius 2 is 2.05 bits per heavy atom. The van der Waals surface area contributed by atoms with Crippen LogP contribution in [0.5, 0.6) is 0 Å². The number of hydrogen-bond acceptors (Lipinski definition) is 4. The number of nitro benzene ring substituents is 1. The van der Waals surface area contributed by atoms with Gasteiger partial charge in [-0.3, -0.25) is 14.9 Å². The summed E-state index contributed by atoms with van der Waals surface area (Å²) >= 11 is 0. The van der Waals surface area contributed by atoms with Gasteiger partial charge < -0.3 is 10.0 Å². The molecular weight excluding hydrogens is 312 g/mol. The number of β-amino-alcohol motifs (C(OH)–C–C–N with tert-alkyl or cyclic N) is 1. The van der Waals surface area contributed by atoms with Crippen molar-refractivity contribution in [1.82, 2.24) is 4.90 Å². The van der Waals surface area contributed by atoms with Crippen LogP contribution in [0.25, 0.3) is 0 Å². The largest absolute Gasteiger partial charge is 0.419 e. The number of benzene rings is 1. The molecule has 0 aromatic heterocycles. The number of non-ortho nitro benzene ring substituents is 1. The molecule has 0 bridgehead atoms. The SMILES string of the molecule is O=C(c1ccc([N+](=O)[O-])cc1F)N1CCC(O)(C(F)(F)F)C1. The van der Waals surface area contributed by atoms with Crippen molar-refractivity contribution in [3.8, 4) is 0 Å². The van der Waals surface area contributed by atoms with Gasteiger partial charge in [-0.05, 0) is 6.07 Å². The van der Waals surface area contributed by atoms with E-state index in [1.54, 1.807) is 0 Å². The number of carbonyl (C=O) groups excluding carboxylic acids is 1. The fourth-order valence-corrected chi connectivity index (χ4v) is 2.16. The van der Waals surface area contributed by atoms with Gasteiger partial charge in [-0.1, -0.05) is 0 Å². The van der Waals surface area contributed by atoms with Crippen molar-refractivity contribution in [3.63, 3.8) is 0 Å². The lowest BCUT2D eigenvalue weighted by molar-refractivity contribution is -0.385. The van der Waals surface area contributed by atoms with Crippen molar-refractivity contribution in [3.05, 3.63) is 39.7 Å². The van der Waals surface area contributed by atoms with E-state index in [1.165, 1.54) is 0 Å². The Bertz CT molecular complexity index is 634. The maximum Gasteiger partial charge on any atom is 0.419 e. The lowest BCUT2D eigenvalue weighted by Crippen LogP contribution is -2.48. The Kier molecular flexibility index (Phi) is 3.81. The number of halogens is 4. The summed E-state index contributed by atoms with van der Waals surface area (Å²) in [7, 11) is 0. The Hall–Kier alpha value is -2.23. The zero-order valence-electron chi connectivity index (χ0n) is 10.9. The Labute approximate surface area is 121 Å². The van der Waals surface area contributed by atoms with Gasteiger partial charge in [0.05, 0.1) is 23.1 Å². The molecule has 1 aromatic rings. The van der Waals surface area contributed by atoms with Crippen molar-refractivity contribution in [2.45, 2.75) is 18.2 Å². The first-order valence-electron chi connectivity index (χ1n) is 6.07. The number of nitro groups is 1. The van der Waals surface area contributed by atoms with Gasteiger partial charge in [0.25, 0.3) is 11.6 Å². The third kappa shape index (κ3) is 2.73. The van der Waals surface area contributed by atoms with E-state index in [1.807, 2.05) is 0 Å². The van der Waals surface area contributed by atoms with Crippen LogP contribution in [0.1, 0.15) is 16.8 Å². The average molecular weight is 322 g/mol. The van der Waals surface area contributed by atoms with E-state index in [9.17, 15) is 37.6 Å². The van der Waals surface area contributed by atoms with Crippen LogP contribution >= 0.6 is 0 Å². The maximum absolute atomic E-state index is 13.7. The molecular formula is C12H10F4N2O4. The summed E-state index contributed by atoms with van der Waals surface area (Å²) in [6, 6.07) is 2.22. The Morgan fingerprint density at radius 3 is 2.50 bits per heavy atom. The van der Waals surface area contributed by atoms with Gasteiger partial charge >= 0.3 is 6.18 Å². The van der Waals surface area contributed by atoms with Crippen molar-refractivity contribution >= 4 is 11.6 Å². The molecule has 1 aliphatic rings. The molecule has 1 amide bonds. The number of alkyl halides is 3. The van der Waals surface area contributed by atoms with Gasteiger partial charge in [-0.25, -0.2) is 4.39 Å². The number of nitrogens with zero attached hydrogens (tertiary/aromatic N) is 2. The van der Waals surface area contributed by atoms with Crippen molar-refractivity contribution in [2.24, 2.45) is 0 Å². The zero-order chi connectivity index (χ0) is 16.7. The summed E-state index contributed by atoms with van der Waals surface area (Å²) < 4.78 is 51.7. The van der Waals surface area contributed by atoms with Crippen molar-refractivity contribution in [2.75, 3.05) is 13.1 Å². The van der Waals surface area contributed by atoms with Crippen LogP contribution in [0.2, 0.25) is 0 Å². The summed E-state index contributed by atoms with van der Waals surface area (Å²) in [5.74, 6) is -2.27. The number of carbonyl (C=O) groups is 1. The molecule has 0 saturated carbocycles. The lowest BCUT2D eigenvalue weighted by Gasteiger charge is -2.25. The molecule has 1 N–H and O–H groups in total. The number of hydrogen-bond donors (Lipinski definition) is 1. The molecule has 0 radical (unpaired) electrons. The fourth-order valence-electron chi connectivity index (χ4n) is 2.16. The smallest absolute Gasteiger partial charge is 0.379 e. The minimum absolute atomic E-state index is 0.398. The first-order valence-corrected chi connectivity index (χ1v) is 6.07. The van der Waals surface area contributed by atoms with E-state index >= 15 is 0 Å². The minimum atomic E-state index is -4.91. The highest BCUT2D eigenvalue weighted by molar-refractivity contribution is 5.95. The Morgan fingerprint density at radius 1 is 1.41 bits per heavy atom. The highest BCUT2D eigenvalue weighted by Crippen LogP contribution is 2.38. The minimum Gasteiger partial charge on any atom is -0.379 e. The Balaban J connectivity index is 2.22. The highest BCUT2D eigenvalue weighted by Gasteiger charge is 2.57. The van der Waals surface area contributed by atoms with Gasteiger partial charge in [0.1, 0.15) is 5.82 Å². The molecule has 1 saturated heterocycles. The summed E-state index contributed by atoms with van der Waals surface area (Å²) in [5, 5.41) is 19.9. The van der Waals surface area contributed by atoms with Crippen LogP contribution in [-0.4, -0.2) is 45.7 Å². The molecule has 1 atom stereocenters. The van der Waals surface area contributed by atoms with Crippen LogP contribution in [-0.2, 0) is 0 Å². The predicted octanol–water partition coefficient (Wildman–Crippen LogP) is 1.87. The van der Waals surface area contributed by atoms with Gasteiger partial charge in [0.15, 0.2) is 5.60 Å². The maximum atomic E-state index is 13.7. The molecule has 22 heavy (non-hydrogen) atoms. The fraction of sp³-hybridized carbons (Fsp3) is 0.417. The topological polar surface area (TPSA) is 83.7 Å². The molecule has 1 aliphatic heterocycles. The van der Waals surface area contributed by atoms with Crippen LogP contribution in [0.4, 0.5) is 23.2 Å². The van der Waals surface area contributed by atoms with Crippen molar-refractivity contribution < 1.29 is 32.4 Å². The van der Waals surface area contributed by atoms with Gasteiger partial charge in [0.2, 0.25) is 0 Å². The van der Waals surface area contributed by atoms with E-state index < -0.39 is 59.2 Å². The van der Waals surface area contributed by atoms with Crippen molar-refractivity contribution in [1.29, 1.82) is 0 Å². The highest BCUT2D eigenvalue weighted by atomic mass is 19.4. The van der Waals surface area contributed by atoms with Crippen LogP contribution < -0.4 is 0 Å². The molecule has 1 heterocycles. The van der Waals surface area contributed by atoms with Crippen LogP contribution in [0, 0.1) is 15.9 Å². The normalized spacial score (nSPS) is 22.0. The van der Waals surface area contributed by atoms with E-state index in [-0.39, 0.29) is 0 Å². The predicted molar refractivity (Wildman–Crippen MR) is 64.6 cm³/mol. The molecule has 0 spiro atoms. The molecule has 10 heteroatoms. The molecule has 2 rings (SSSR count). The second-order valence-corrected chi connectivity index (χ2v) is 4.93. The first kappa shape index (κ1) is 16.1. The van der Waals surface area contributed by atoms with E-state index in [0.717, 1.165) is 12.1 Å². The van der Waals surface area contributed by atoms with Gasteiger partial charge in [0, 0.05) is 19.0 Å². The summed E-state index contributed by atoms with van der Waals surface area (Å²) in [4.78, 5) is 22.3. The second kappa shape index (κ2) is 5.20. The summed E-state index contributed by atoms with van der Waals surface area (Å²) in [6.45, 7) is -1.41. The molecule has 0 aliphatic carbocycles. The van der Waals surface area contributed by atoms with Crippen LogP contribution in [0.15, 0.2) is 18.2 Å². The standard InChI is InChI=1S/C12H10F4N2O4/c13-9-5-7(18(21)22)1-2-8(9)10(19)17-4-3-11(20,6-17)12(14,15)16/h1-2,5,20H,3-4,6H2. The van der Waals surface area contributed by atoms with Gasteiger partial charge in [-0.15, -0.1) is 0 Å². The zero-order valence-corrected chi connectivity index (χ0v) is 10.9. The molecule has 1 unspecified atom stereocenters. The quantitative estimate of drug-likeness (QED) is 0.512. The first-order chi connectivity index (χ1) is 10.0.